The molecule has 1 atom stereocenters. The van der Waals surface area contributed by atoms with Gasteiger partial charge in [0.15, 0.2) is 0 Å². The van der Waals surface area contributed by atoms with Gasteiger partial charge in [0.05, 0.1) is 12.6 Å². The maximum atomic E-state index is 5.48. The van der Waals surface area contributed by atoms with E-state index in [1.807, 2.05) is 20.9 Å². The van der Waals surface area contributed by atoms with E-state index in [0.717, 1.165) is 17.8 Å². The third kappa shape index (κ3) is 5.98. The monoisotopic (exact) mass is 169 g/mol. The van der Waals surface area contributed by atoms with Gasteiger partial charge < -0.3 is 10.1 Å². The Labute approximate surface area is 75.3 Å². The van der Waals surface area contributed by atoms with E-state index in [2.05, 4.69) is 18.5 Å². The molecule has 0 spiro atoms. The molecule has 1 unspecified atom stereocenters. The molecular weight excluding hydrogens is 150 g/mol. The highest BCUT2D eigenvalue weighted by molar-refractivity contribution is 4.92. The van der Waals surface area contributed by atoms with Gasteiger partial charge in [-0.3, -0.25) is 0 Å². The van der Waals surface area contributed by atoms with Gasteiger partial charge in [-0.2, -0.15) is 0 Å². The van der Waals surface area contributed by atoms with Gasteiger partial charge >= 0.3 is 0 Å². The quantitative estimate of drug-likeness (QED) is 0.485. The van der Waals surface area contributed by atoms with E-state index in [4.69, 9.17) is 4.74 Å². The molecule has 0 aliphatic heterocycles. The lowest BCUT2D eigenvalue weighted by Crippen LogP contribution is -2.16. The molecule has 70 valence electrons. The van der Waals surface area contributed by atoms with Crippen LogP contribution >= 0.6 is 0 Å². The van der Waals surface area contributed by atoms with Gasteiger partial charge in [0.2, 0.25) is 0 Å². The zero-order valence-corrected chi connectivity index (χ0v) is 8.31. The molecule has 0 aromatic rings. The van der Waals surface area contributed by atoms with Crippen molar-refractivity contribution in [3.8, 4) is 0 Å². The highest BCUT2D eigenvalue weighted by Gasteiger charge is 2.03. The highest BCUT2D eigenvalue weighted by atomic mass is 16.5. The Morgan fingerprint density at radius 3 is 2.50 bits per heavy atom. The van der Waals surface area contributed by atoms with Gasteiger partial charge in [0.25, 0.3) is 0 Å². The maximum Gasteiger partial charge on any atom is 0.103 e. The normalized spacial score (nSPS) is 12.2. The van der Waals surface area contributed by atoms with Crippen molar-refractivity contribution in [2.24, 2.45) is 0 Å². The predicted molar refractivity (Wildman–Crippen MR) is 53.0 cm³/mol. The van der Waals surface area contributed by atoms with Crippen molar-refractivity contribution in [3.05, 3.63) is 24.5 Å². The molecule has 2 nitrogen and oxygen atoms in total. The summed E-state index contributed by atoms with van der Waals surface area (Å²) in [6.45, 7) is 12.3. The molecule has 0 amide bonds. The predicted octanol–water partition coefficient (Wildman–Crippen LogP) is 2.09. The molecule has 0 aliphatic carbocycles. The summed E-state index contributed by atoms with van der Waals surface area (Å²) in [5.74, 6) is 0.784. The molecule has 12 heavy (non-hydrogen) atoms. The van der Waals surface area contributed by atoms with Gasteiger partial charge in [-0.25, -0.2) is 0 Å². The molecule has 2 heteroatoms. The Hall–Kier alpha value is -0.760. The number of nitrogens with one attached hydrogen (secondary N) is 1. The average Bonchev–Trinajstić information content (AvgIpc) is 1.84. The van der Waals surface area contributed by atoms with Crippen LogP contribution in [0.4, 0.5) is 0 Å². The van der Waals surface area contributed by atoms with Gasteiger partial charge in [-0.1, -0.05) is 12.2 Å². The van der Waals surface area contributed by atoms with Gasteiger partial charge in [0.1, 0.15) is 5.76 Å². The summed E-state index contributed by atoms with van der Waals surface area (Å²) in [5, 5.41) is 2.98. The largest absolute Gasteiger partial charge is 0.494 e. The lowest BCUT2D eigenvalue weighted by molar-refractivity contribution is 0.129. The van der Waals surface area contributed by atoms with Crippen LogP contribution in [0.2, 0.25) is 0 Å². The minimum atomic E-state index is 0.184. The summed E-state index contributed by atoms with van der Waals surface area (Å²) in [5.41, 5.74) is 1.14. The first-order chi connectivity index (χ1) is 5.56. The van der Waals surface area contributed by atoms with Crippen LogP contribution < -0.4 is 5.32 Å². The van der Waals surface area contributed by atoms with E-state index in [0.29, 0.717) is 6.54 Å². The van der Waals surface area contributed by atoms with E-state index >= 15 is 0 Å². The zero-order valence-electron chi connectivity index (χ0n) is 8.31. The number of ether oxygens (including phenoxy) is 1. The van der Waals surface area contributed by atoms with Crippen molar-refractivity contribution in [2.45, 2.75) is 26.4 Å². The van der Waals surface area contributed by atoms with Crippen LogP contribution in [0.1, 0.15) is 20.3 Å². The lowest BCUT2D eigenvalue weighted by Gasteiger charge is -2.16. The second kappa shape index (κ2) is 5.84. The first-order valence-electron chi connectivity index (χ1n) is 4.19. The number of hydrogen-bond acceptors (Lipinski definition) is 2. The van der Waals surface area contributed by atoms with Crippen LogP contribution in [0.15, 0.2) is 24.5 Å². The Morgan fingerprint density at radius 2 is 2.08 bits per heavy atom. The lowest BCUT2D eigenvalue weighted by atomic mass is 10.2. The molecule has 0 saturated carbocycles. The second-order valence-electron chi connectivity index (χ2n) is 3.16. The fourth-order valence-corrected chi connectivity index (χ4v) is 1.06. The smallest absolute Gasteiger partial charge is 0.103 e. The average molecular weight is 169 g/mol. The molecule has 0 aliphatic rings. The molecule has 0 heterocycles. The summed E-state index contributed by atoms with van der Waals surface area (Å²) in [6.07, 6.45) is 1.08. The molecular formula is C10H19NO. The Kier molecular flexibility index (Phi) is 5.47. The summed E-state index contributed by atoms with van der Waals surface area (Å²) in [7, 11) is 1.87. The van der Waals surface area contributed by atoms with Crippen LogP contribution in [0.25, 0.3) is 0 Å². The van der Waals surface area contributed by atoms with Gasteiger partial charge in [-0.15, -0.1) is 6.58 Å². The molecule has 0 radical (unpaired) electrons. The maximum absolute atomic E-state index is 5.48. The van der Waals surface area contributed by atoms with Gasteiger partial charge in [-0.05, 0) is 20.9 Å². The summed E-state index contributed by atoms with van der Waals surface area (Å²) >= 11 is 0. The van der Waals surface area contributed by atoms with Crippen molar-refractivity contribution < 1.29 is 4.74 Å². The minimum Gasteiger partial charge on any atom is -0.494 e. The molecule has 0 bridgehead atoms. The standard InChI is InChI=1S/C10H19NO/c1-8(2)6-9(3)12-10(4)7-11-5/h9,11H,1,4,6-7H2,2-3,5H3. The summed E-state index contributed by atoms with van der Waals surface area (Å²) in [6, 6.07) is 0. The van der Waals surface area contributed by atoms with E-state index in [1.165, 1.54) is 0 Å². The third-order valence-electron chi connectivity index (χ3n) is 1.38. The summed E-state index contributed by atoms with van der Waals surface area (Å²) < 4.78 is 5.48. The van der Waals surface area contributed by atoms with Crippen LogP contribution in [-0.2, 0) is 4.74 Å². The Bertz CT molecular complexity index is 163. The number of hydrogen-bond donors (Lipinski definition) is 1. The molecule has 1 N–H and O–H groups in total. The molecule has 0 saturated heterocycles. The highest BCUT2D eigenvalue weighted by Crippen LogP contribution is 2.08. The Morgan fingerprint density at radius 1 is 1.50 bits per heavy atom. The van der Waals surface area contributed by atoms with Crippen LogP contribution in [0.3, 0.4) is 0 Å². The van der Waals surface area contributed by atoms with Crippen molar-refractivity contribution in [3.63, 3.8) is 0 Å². The Balaban J connectivity index is 3.61. The molecule has 0 aromatic carbocycles. The van der Waals surface area contributed by atoms with Gasteiger partial charge in [0, 0.05) is 6.42 Å². The SMILES string of the molecule is C=C(C)CC(C)OC(=C)CNC. The minimum absolute atomic E-state index is 0.184. The fourth-order valence-electron chi connectivity index (χ4n) is 1.06. The summed E-state index contributed by atoms with van der Waals surface area (Å²) in [4.78, 5) is 0. The van der Waals surface area contributed by atoms with Crippen molar-refractivity contribution in [1.82, 2.24) is 5.32 Å². The van der Waals surface area contributed by atoms with Crippen molar-refractivity contribution >= 4 is 0 Å². The number of rotatable bonds is 6. The van der Waals surface area contributed by atoms with Crippen molar-refractivity contribution in [2.75, 3.05) is 13.6 Å². The van der Waals surface area contributed by atoms with Crippen LogP contribution in [0.5, 0.6) is 0 Å². The van der Waals surface area contributed by atoms with E-state index < -0.39 is 0 Å². The third-order valence-corrected chi connectivity index (χ3v) is 1.38. The zero-order chi connectivity index (χ0) is 9.56. The van der Waals surface area contributed by atoms with E-state index in [9.17, 15) is 0 Å². The molecule has 0 aromatic heterocycles. The molecule has 0 fully saturated rings. The first-order valence-corrected chi connectivity index (χ1v) is 4.19. The van der Waals surface area contributed by atoms with Crippen LogP contribution in [0, 0.1) is 0 Å². The molecule has 0 rings (SSSR count). The topological polar surface area (TPSA) is 21.3 Å². The second-order valence-corrected chi connectivity index (χ2v) is 3.16. The van der Waals surface area contributed by atoms with Crippen LogP contribution in [-0.4, -0.2) is 19.7 Å². The fraction of sp³-hybridized carbons (Fsp3) is 0.600. The number of likely N-dealkylation sites (N-methyl/N-ethyl adjacent to an activating group) is 1. The first kappa shape index (κ1) is 11.2. The van der Waals surface area contributed by atoms with Crippen molar-refractivity contribution in [1.29, 1.82) is 0 Å². The van der Waals surface area contributed by atoms with E-state index in [-0.39, 0.29) is 6.10 Å². The van der Waals surface area contributed by atoms with E-state index in [1.54, 1.807) is 0 Å².